The number of aryl methyl sites for hydroxylation is 2. The third kappa shape index (κ3) is 22.1. The summed E-state index contributed by atoms with van der Waals surface area (Å²) in [5.74, 6) is 8.08. The van der Waals surface area contributed by atoms with E-state index in [0.29, 0.717) is 84.3 Å². The zero-order valence-corrected chi connectivity index (χ0v) is 43.8. The van der Waals surface area contributed by atoms with E-state index in [4.69, 9.17) is 47.2 Å². The van der Waals surface area contributed by atoms with Crippen molar-refractivity contribution in [1.29, 1.82) is 0 Å². The van der Waals surface area contributed by atoms with Crippen molar-refractivity contribution in [1.82, 2.24) is 0 Å². The Morgan fingerprint density at radius 1 is 0.721 bits per heavy atom. The second kappa shape index (κ2) is 28.6. The van der Waals surface area contributed by atoms with Gasteiger partial charge in [0.05, 0.1) is 56.5 Å². The number of ether oxygens (including phenoxy) is 8. The van der Waals surface area contributed by atoms with Gasteiger partial charge in [-0.3, -0.25) is 4.18 Å². The number of unbranched alkanes of at least 4 members (excludes halogenated alkanes) is 2. The molecule has 0 aliphatic carbocycles. The standard InChI is InChI=1S/C13H20O6S2.C11H16O6S2.C7H8O3S.C5H10O2S.2Na/c1-9-12-13(10(2)20-9)19-11(8-18-12)7-17-5-3-4-6-21(14,15)16;12-19(13,14)4-2-1-3-15-5-9-6-16-10-7-18-8-11(10)17-9;8-1-5-2-9-6-3-11-4-7(6)10-5;1-8(6)5-3-2-4-7-8;;/h11H,3-8H2,1-2H3,(H,14,15,16);7-9H,1-6H2,(H,12,13,14);3-5,8H,1-2H2;1-5H2;;/q;;;;2*+1/p-2. The molecule has 3 aromatic heterocycles. The number of rotatable bonds is 15. The molecule has 4 unspecified atom stereocenters. The molecule has 4 aliphatic rings. The first-order valence-electron chi connectivity index (χ1n) is 18.8. The van der Waals surface area contributed by atoms with Crippen molar-refractivity contribution in [2.45, 2.75) is 70.7 Å². The zero-order chi connectivity index (χ0) is 42.9. The molecule has 3 aromatic rings. The molecule has 0 aromatic carbocycles. The van der Waals surface area contributed by atoms with Crippen LogP contribution in [0, 0.1) is 13.8 Å². The largest absolute Gasteiger partial charge is 1.00 e. The molecule has 0 saturated carbocycles. The SMILES string of the molecule is C=S1(=O)CCCCO1.Cc1sc(C)c2c1OCC(COCCCCS(=O)(=O)[O-])O2.O=S(=O)([O-])CCCCOCC1COc2cscc2O1.OCC1COc2cscc2O1.[Na+].[Na+]. The normalized spacial score (nSPS) is 21.0. The molecule has 336 valence electrons. The summed E-state index contributed by atoms with van der Waals surface area (Å²) in [5.41, 5.74) is 0. The first-order chi connectivity index (χ1) is 28.0. The molecule has 4 atom stereocenters. The minimum Gasteiger partial charge on any atom is -0.748 e. The molecule has 1 N–H and O–H groups in total. The van der Waals surface area contributed by atoms with Crippen LogP contribution in [0.2, 0.25) is 0 Å². The van der Waals surface area contributed by atoms with Gasteiger partial charge >= 0.3 is 59.1 Å². The molecule has 1 fully saturated rings. The van der Waals surface area contributed by atoms with Gasteiger partial charge in [0.1, 0.15) is 19.8 Å². The van der Waals surface area contributed by atoms with Crippen molar-refractivity contribution in [3.8, 4) is 34.5 Å². The van der Waals surface area contributed by atoms with E-state index in [9.17, 15) is 30.1 Å². The molecule has 0 bridgehead atoms. The maximum atomic E-state index is 10.9. The van der Waals surface area contributed by atoms with Crippen molar-refractivity contribution in [3.63, 3.8) is 0 Å². The second-order valence-electron chi connectivity index (χ2n) is 13.5. The molecule has 0 radical (unpaired) electrons. The second-order valence-corrected chi connectivity index (χ2v) is 21.6. The minimum atomic E-state index is -4.12. The summed E-state index contributed by atoms with van der Waals surface area (Å²) in [6.45, 7) is 7.55. The first kappa shape index (κ1) is 56.7. The van der Waals surface area contributed by atoms with Crippen LogP contribution in [-0.4, -0.2) is 136 Å². The van der Waals surface area contributed by atoms with Crippen LogP contribution in [0.5, 0.6) is 34.5 Å². The molecule has 25 heteroatoms. The van der Waals surface area contributed by atoms with E-state index in [-0.39, 0.29) is 95.5 Å². The van der Waals surface area contributed by atoms with Gasteiger partial charge in [-0.15, -0.1) is 34.0 Å². The van der Waals surface area contributed by atoms with Crippen LogP contribution in [0.4, 0.5) is 0 Å². The third-order valence-corrected chi connectivity index (χ3v) is 13.8. The number of aliphatic hydroxyl groups is 1. The van der Waals surface area contributed by atoms with Gasteiger partial charge in [-0.05, 0) is 58.2 Å². The van der Waals surface area contributed by atoms with Gasteiger partial charge in [-0.25, -0.2) is 21.0 Å². The molecule has 1 saturated heterocycles. The first-order valence-corrected chi connectivity index (χ1v) is 26.4. The van der Waals surface area contributed by atoms with Crippen molar-refractivity contribution >= 4 is 69.9 Å². The number of fused-ring (bicyclic) bond motifs is 3. The van der Waals surface area contributed by atoms with Crippen molar-refractivity contribution in [2.75, 3.05) is 76.7 Å². The van der Waals surface area contributed by atoms with E-state index in [1.807, 2.05) is 35.4 Å². The van der Waals surface area contributed by atoms with Gasteiger partial charge in [0.15, 0.2) is 52.8 Å². The van der Waals surface area contributed by atoms with Crippen molar-refractivity contribution in [2.24, 2.45) is 0 Å². The van der Waals surface area contributed by atoms with Gasteiger partial charge in [0.2, 0.25) is 0 Å². The van der Waals surface area contributed by atoms with Crippen LogP contribution >= 0.6 is 34.0 Å². The Morgan fingerprint density at radius 3 is 1.67 bits per heavy atom. The third-order valence-electron chi connectivity index (χ3n) is 8.30. The Bertz CT molecular complexity index is 2020. The van der Waals surface area contributed by atoms with Crippen LogP contribution in [0.15, 0.2) is 21.5 Å². The van der Waals surface area contributed by atoms with Gasteiger partial charge in [-0.2, -0.15) is 0 Å². The Balaban J connectivity index is 0.000000293. The summed E-state index contributed by atoms with van der Waals surface area (Å²) >= 11 is 4.70. The molecular formula is C36H52Na2O17S6. The Hall–Kier alpha value is -0.420. The summed E-state index contributed by atoms with van der Waals surface area (Å²) in [4.78, 5) is 2.20. The van der Waals surface area contributed by atoms with Crippen LogP contribution in [0.25, 0.3) is 0 Å². The Labute approximate surface area is 415 Å². The van der Waals surface area contributed by atoms with Gasteiger partial charge < -0.3 is 52.1 Å². The van der Waals surface area contributed by atoms with Gasteiger partial charge in [0.25, 0.3) is 0 Å². The van der Waals surface area contributed by atoms with Gasteiger partial charge in [0, 0.05) is 61.7 Å². The Kier molecular flexibility index (Phi) is 26.6. The number of hydrogen-bond acceptors (Lipinski definition) is 20. The molecule has 61 heavy (non-hydrogen) atoms. The predicted octanol–water partition coefficient (Wildman–Crippen LogP) is -1.61. The maximum absolute atomic E-state index is 10.9. The Morgan fingerprint density at radius 2 is 1.20 bits per heavy atom. The average molecular weight is 995 g/mol. The summed E-state index contributed by atoms with van der Waals surface area (Å²) < 4.78 is 122. The van der Waals surface area contributed by atoms with E-state index >= 15 is 0 Å². The molecule has 4 aliphatic heterocycles. The maximum Gasteiger partial charge on any atom is 1.00 e. The molecule has 0 amide bonds. The van der Waals surface area contributed by atoms with Crippen molar-refractivity contribution in [3.05, 3.63) is 31.3 Å². The zero-order valence-electron chi connectivity index (χ0n) is 34.9. The van der Waals surface area contributed by atoms with E-state index in [2.05, 4.69) is 5.87 Å². The monoisotopic (exact) mass is 994 g/mol. The summed E-state index contributed by atoms with van der Waals surface area (Å²) in [6, 6.07) is 0. The summed E-state index contributed by atoms with van der Waals surface area (Å²) in [7, 11) is -10.3. The summed E-state index contributed by atoms with van der Waals surface area (Å²) in [6.07, 6.45) is 3.25. The fraction of sp³-hybridized carbons (Fsp3) is 0.639. The number of thiophene rings is 3. The van der Waals surface area contributed by atoms with E-state index < -0.39 is 30.0 Å². The van der Waals surface area contributed by atoms with E-state index in [1.54, 1.807) is 11.3 Å². The van der Waals surface area contributed by atoms with Crippen LogP contribution in [0.3, 0.4) is 0 Å². The van der Waals surface area contributed by atoms with Gasteiger partial charge in [-0.1, -0.05) is 0 Å². The number of hydrogen-bond donors (Lipinski definition) is 1. The van der Waals surface area contributed by atoms with E-state index in [0.717, 1.165) is 57.1 Å². The molecule has 7 rings (SSSR count). The fourth-order valence-corrected chi connectivity index (χ4v) is 9.97. The topological polar surface area (TPSA) is 235 Å². The molecular weight excluding hydrogens is 943 g/mol. The quantitative estimate of drug-likeness (QED) is 0.0781. The smallest absolute Gasteiger partial charge is 0.748 e. The predicted molar refractivity (Wildman–Crippen MR) is 224 cm³/mol. The molecule has 0 spiro atoms. The summed E-state index contributed by atoms with van der Waals surface area (Å²) in [5, 5.41) is 16.3. The number of aliphatic hydroxyl groups excluding tert-OH is 1. The van der Waals surface area contributed by atoms with E-state index in [1.165, 1.54) is 22.7 Å². The van der Waals surface area contributed by atoms with Crippen LogP contribution in [0.1, 0.15) is 48.3 Å². The average Bonchev–Trinajstić information content (AvgIpc) is 3.92. The fourth-order valence-electron chi connectivity index (χ4n) is 5.39. The molecule has 7 heterocycles. The van der Waals surface area contributed by atoms with Crippen LogP contribution in [-0.2, 0) is 43.7 Å². The molecule has 17 nitrogen and oxygen atoms in total. The van der Waals surface area contributed by atoms with Crippen molar-refractivity contribution < 1.29 is 136 Å². The minimum absolute atomic E-state index is 0. The van der Waals surface area contributed by atoms with Crippen LogP contribution < -0.4 is 87.5 Å².